The Labute approximate surface area is 112 Å². The third-order valence-corrected chi connectivity index (χ3v) is 3.48. The van der Waals surface area contributed by atoms with Gasteiger partial charge in [0.15, 0.2) is 5.13 Å². The van der Waals surface area contributed by atoms with Crippen LogP contribution in [0.4, 0.5) is 5.13 Å². The van der Waals surface area contributed by atoms with Gasteiger partial charge in [-0.2, -0.15) is 0 Å². The van der Waals surface area contributed by atoms with Crippen LogP contribution in [0.25, 0.3) is 0 Å². The van der Waals surface area contributed by atoms with E-state index in [1.165, 1.54) is 30.6 Å². The highest BCUT2D eigenvalue weighted by Crippen LogP contribution is 2.16. The molecule has 0 unspecified atom stereocenters. The molecule has 0 aliphatic heterocycles. The molecule has 0 spiro atoms. The summed E-state index contributed by atoms with van der Waals surface area (Å²) in [7, 11) is 0. The molecule has 18 heavy (non-hydrogen) atoms. The molecule has 4 nitrogen and oxygen atoms in total. The number of aliphatic hydroxyl groups is 1. The van der Waals surface area contributed by atoms with Crippen molar-refractivity contribution in [3.8, 4) is 0 Å². The van der Waals surface area contributed by atoms with Gasteiger partial charge in [0, 0.05) is 24.8 Å². The maximum atomic E-state index is 11.6. The van der Waals surface area contributed by atoms with Crippen LogP contribution in [0.15, 0.2) is 5.38 Å². The highest BCUT2D eigenvalue weighted by atomic mass is 32.1. The van der Waals surface area contributed by atoms with Crippen molar-refractivity contribution in [2.24, 2.45) is 0 Å². The van der Waals surface area contributed by atoms with E-state index in [1.54, 1.807) is 0 Å². The molecule has 1 aromatic rings. The number of anilines is 1. The predicted molar refractivity (Wildman–Crippen MR) is 74.9 cm³/mol. The van der Waals surface area contributed by atoms with Gasteiger partial charge < -0.3 is 10.4 Å². The fourth-order valence-corrected chi connectivity index (χ4v) is 2.43. The Morgan fingerprint density at radius 3 is 2.89 bits per heavy atom. The zero-order valence-corrected chi connectivity index (χ0v) is 11.8. The molecule has 0 aromatic carbocycles. The molecule has 0 saturated carbocycles. The molecule has 0 aliphatic carbocycles. The average Bonchev–Trinajstić information content (AvgIpc) is 2.77. The van der Waals surface area contributed by atoms with Crippen LogP contribution in [0, 0.1) is 0 Å². The van der Waals surface area contributed by atoms with Gasteiger partial charge in [-0.1, -0.05) is 32.6 Å². The second-order valence-electron chi connectivity index (χ2n) is 4.33. The molecule has 1 aromatic heterocycles. The number of hydrogen-bond donors (Lipinski definition) is 2. The number of thiazole rings is 1. The van der Waals surface area contributed by atoms with E-state index in [4.69, 9.17) is 5.11 Å². The summed E-state index contributed by atoms with van der Waals surface area (Å²) < 4.78 is 0. The molecular weight excluding hydrogens is 248 g/mol. The van der Waals surface area contributed by atoms with E-state index in [0.29, 0.717) is 18.0 Å². The second-order valence-corrected chi connectivity index (χ2v) is 5.19. The van der Waals surface area contributed by atoms with Gasteiger partial charge in [0.05, 0.1) is 5.69 Å². The average molecular weight is 270 g/mol. The first kappa shape index (κ1) is 15.1. The molecule has 5 heteroatoms. The maximum absolute atomic E-state index is 11.6. The van der Waals surface area contributed by atoms with Crippen molar-refractivity contribution in [2.45, 2.75) is 51.9 Å². The largest absolute Gasteiger partial charge is 0.396 e. The third kappa shape index (κ3) is 6.12. The van der Waals surface area contributed by atoms with Crippen molar-refractivity contribution >= 4 is 22.4 Å². The molecule has 0 fully saturated rings. The van der Waals surface area contributed by atoms with E-state index in [-0.39, 0.29) is 12.5 Å². The summed E-state index contributed by atoms with van der Waals surface area (Å²) in [5.41, 5.74) is 0.834. The molecule has 0 radical (unpaired) electrons. The first-order chi connectivity index (χ1) is 8.76. The second kappa shape index (κ2) is 9.05. The van der Waals surface area contributed by atoms with Gasteiger partial charge in [-0.05, 0) is 6.42 Å². The lowest BCUT2D eigenvalue weighted by Crippen LogP contribution is -2.10. The van der Waals surface area contributed by atoms with Gasteiger partial charge in [-0.25, -0.2) is 4.98 Å². The number of nitrogens with one attached hydrogen (secondary N) is 1. The van der Waals surface area contributed by atoms with Gasteiger partial charge in [0.25, 0.3) is 0 Å². The Balaban J connectivity index is 2.18. The van der Waals surface area contributed by atoms with Crippen LogP contribution in [-0.2, 0) is 11.2 Å². The number of unbranched alkanes of at least 4 members (excludes halogenated alkanes) is 4. The van der Waals surface area contributed by atoms with E-state index in [1.807, 2.05) is 5.38 Å². The van der Waals surface area contributed by atoms with Crippen LogP contribution in [0.2, 0.25) is 0 Å². The summed E-state index contributed by atoms with van der Waals surface area (Å²) in [6.45, 7) is 2.27. The van der Waals surface area contributed by atoms with Crippen molar-refractivity contribution in [1.29, 1.82) is 0 Å². The first-order valence-electron chi connectivity index (χ1n) is 6.61. The van der Waals surface area contributed by atoms with Crippen molar-refractivity contribution < 1.29 is 9.90 Å². The quantitative estimate of drug-likeness (QED) is 0.678. The third-order valence-electron chi connectivity index (χ3n) is 2.67. The highest BCUT2D eigenvalue weighted by Gasteiger charge is 2.06. The SMILES string of the molecule is CCCCCCCC(=O)Nc1nc(CCO)cs1. The van der Waals surface area contributed by atoms with Crippen molar-refractivity contribution in [1.82, 2.24) is 4.98 Å². The summed E-state index contributed by atoms with van der Waals surface area (Å²) in [6.07, 6.45) is 6.86. The molecule has 102 valence electrons. The summed E-state index contributed by atoms with van der Waals surface area (Å²) in [5.74, 6) is 0.0383. The molecule has 0 aliphatic rings. The molecule has 2 N–H and O–H groups in total. The van der Waals surface area contributed by atoms with Crippen LogP contribution in [0.3, 0.4) is 0 Å². The summed E-state index contributed by atoms with van der Waals surface area (Å²) in [6, 6.07) is 0. The Bertz CT molecular complexity index is 353. The van der Waals surface area contributed by atoms with Crippen molar-refractivity contribution in [3.05, 3.63) is 11.1 Å². The molecule has 1 amide bonds. The lowest BCUT2D eigenvalue weighted by atomic mass is 10.1. The van der Waals surface area contributed by atoms with Gasteiger partial charge in [0.2, 0.25) is 5.91 Å². The fraction of sp³-hybridized carbons (Fsp3) is 0.692. The molecule has 0 saturated heterocycles. The zero-order valence-electron chi connectivity index (χ0n) is 10.9. The van der Waals surface area contributed by atoms with Crippen LogP contribution < -0.4 is 5.32 Å². The number of carbonyl (C=O) groups excluding carboxylic acids is 1. The van der Waals surface area contributed by atoms with Gasteiger partial charge in [-0.3, -0.25) is 4.79 Å². The highest BCUT2D eigenvalue weighted by molar-refractivity contribution is 7.13. The van der Waals surface area contributed by atoms with Gasteiger partial charge in [0.1, 0.15) is 0 Å². The van der Waals surface area contributed by atoms with E-state index in [0.717, 1.165) is 18.5 Å². The minimum absolute atomic E-state index is 0.0383. The summed E-state index contributed by atoms with van der Waals surface area (Å²) in [5, 5.41) is 14.1. The van der Waals surface area contributed by atoms with Crippen LogP contribution >= 0.6 is 11.3 Å². The summed E-state index contributed by atoms with van der Waals surface area (Å²) in [4.78, 5) is 15.8. The number of aliphatic hydroxyl groups excluding tert-OH is 1. The number of nitrogens with zero attached hydrogens (tertiary/aromatic N) is 1. The topological polar surface area (TPSA) is 62.2 Å². The molecule has 1 heterocycles. The number of aromatic nitrogens is 1. The van der Waals surface area contributed by atoms with Crippen molar-refractivity contribution in [2.75, 3.05) is 11.9 Å². The van der Waals surface area contributed by atoms with Crippen LogP contribution in [0.1, 0.15) is 51.1 Å². The van der Waals surface area contributed by atoms with Gasteiger partial charge in [-0.15, -0.1) is 11.3 Å². The predicted octanol–water partition coefficient (Wildman–Crippen LogP) is 2.98. The van der Waals surface area contributed by atoms with Crippen LogP contribution in [0.5, 0.6) is 0 Å². The minimum atomic E-state index is 0.0383. The zero-order chi connectivity index (χ0) is 13.2. The minimum Gasteiger partial charge on any atom is -0.396 e. The lowest BCUT2D eigenvalue weighted by molar-refractivity contribution is -0.116. The summed E-state index contributed by atoms with van der Waals surface area (Å²) >= 11 is 1.41. The smallest absolute Gasteiger partial charge is 0.226 e. The van der Waals surface area contributed by atoms with E-state index >= 15 is 0 Å². The monoisotopic (exact) mass is 270 g/mol. The standard InChI is InChI=1S/C13H22N2O2S/c1-2-3-4-5-6-7-12(17)15-13-14-11(8-9-16)10-18-13/h10,16H,2-9H2,1H3,(H,14,15,17). The van der Waals surface area contributed by atoms with Crippen molar-refractivity contribution in [3.63, 3.8) is 0 Å². The Hall–Kier alpha value is -0.940. The number of hydrogen-bond acceptors (Lipinski definition) is 4. The Morgan fingerprint density at radius 1 is 1.39 bits per heavy atom. The maximum Gasteiger partial charge on any atom is 0.226 e. The van der Waals surface area contributed by atoms with E-state index in [2.05, 4.69) is 17.2 Å². The Kier molecular flexibility index (Phi) is 7.60. The number of carbonyl (C=O) groups is 1. The van der Waals surface area contributed by atoms with Gasteiger partial charge >= 0.3 is 0 Å². The molecule has 0 atom stereocenters. The first-order valence-corrected chi connectivity index (χ1v) is 7.49. The number of amides is 1. The van der Waals surface area contributed by atoms with E-state index < -0.39 is 0 Å². The fourth-order valence-electron chi connectivity index (χ4n) is 1.66. The van der Waals surface area contributed by atoms with Crippen LogP contribution in [-0.4, -0.2) is 22.6 Å². The lowest BCUT2D eigenvalue weighted by Gasteiger charge is -2.01. The number of rotatable bonds is 9. The molecule has 0 bridgehead atoms. The normalized spacial score (nSPS) is 10.6. The molecular formula is C13H22N2O2S. The Morgan fingerprint density at radius 2 is 2.17 bits per heavy atom. The molecule has 1 rings (SSSR count). The van der Waals surface area contributed by atoms with E-state index in [9.17, 15) is 4.79 Å².